The third-order valence-corrected chi connectivity index (χ3v) is 2.18. The van der Waals surface area contributed by atoms with Crippen molar-refractivity contribution in [1.82, 2.24) is 0 Å². The summed E-state index contributed by atoms with van der Waals surface area (Å²) in [6, 6.07) is 4.71. The maximum atomic E-state index is 11.5. The van der Waals surface area contributed by atoms with Gasteiger partial charge in [-0.2, -0.15) is 0 Å². The summed E-state index contributed by atoms with van der Waals surface area (Å²) in [7, 11) is 1.50. The quantitative estimate of drug-likeness (QED) is 0.585. The highest BCUT2D eigenvalue weighted by Gasteiger charge is 2.10. The minimum atomic E-state index is -0.230. The predicted octanol–water partition coefficient (Wildman–Crippen LogP) is 2.51. The van der Waals surface area contributed by atoms with Crippen LogP contribution in [0.1, 0.15) is 23.7 Å². The third kappa shape index (κ3) is 3.06. The molecular formula is C11H11ClO3. The number of ether oxygens (including phenoxy) is 1. The zero-order valence-electron chi connectivity index (χ0n) is 8.54. The summed E-state index contributed by atoms with van der Waals surface area (Å²) in [5, 5.41) is 0.368. The normalized spacial score (nSPS) is 9.80. The Hall–Kier alpha value is -1.35. The molecule has 0 aromatic heterocycles. The van der Waals surface area contributed by atoms with E-state index in [-0.39, 0.29) is 18.0 Å². The van der Waals surface area contributed by atoms with E-state index >= 15 is 0 Å². The Morgan fingerprint density at radius 1 is 1.40 bits per heavy atom. The van der Waals surface area contributed by atoms with Gasteiger partial charge in [0.2, 0.25) is 0 Å². The highest BCUT2D eigenvalue weighted by molar-refractivity contribution is 6.32. The van der Waals surface area contributed by atoms with Gasteiger partial charge < -0.3 is 4.74 Å². The van der Waals surface area contributed by atoms with Gasteiger partial charge >= 0.3 is 0 Å². The van der Waals surface area contributed by atoms with Gasteiger partial charge in [-0.15, -0.1) is 0 Å². The lowest BCUT2D eigenvalue weighted by atomic mass is 10.1. The van der Waals surface area contributed by atoms with E-state index in [4.69, 9.17) is 16.3 Å². The van der Waals surface area contributed by atoms with Gasteiger partial charge in [-0.05, 0) is 25.1 Å². The highest BCUT2D eigenvalue weighted by Crippen LogP contribution is 2.25. The summed E-state index contributed by atoms with van der Waals surface area (Å²) in [5.41, 5.74) is 0.427. The molecule has 0 heterocycles. The first-order chi connectivity index (χ1) is 7.04. The number of benzene rings is 1. The fourth-order valence-corrected chi connectivity index (χ4v) is 1.43. The Labute approximate surface area is 93.0 Å². The average Bonchev–Trinajstić information content (AvgIpc) is 2.16. The second kappa shape index (κ2) is 4.94. The maximum absolute atomic E-state index is 11.5. The number of ketones is 2. The fraction of sp³-hybridized carbons (Fsp3) is 0.273. The van der Waals surface area contributed by atoms with E-state index in [9.17, 15) is 9.59 Å². The van der Waals surface area contributed by atoms with E-state index in [1.165, 1.54) is 20.1 Å². The maximum Gasteiger partial charge on any atom is 0.170 e. The number of halogens is 1. The molecule has 0 radical (unpaired) electrons. The molecule has 0 saturated heterocycles. The molecule has 0 fully saturated rings. The van der Waals surface area contributed by atoms with Crippen LogP contribution in [0.15, 0.2) is 18.2 Å². The molecule has 0 bridgehead atoms. The van der Waals surface area contributed by atoms with Crippen molar-refractivity contribution in [1.29, 1.82) is 0 Å². The highest BCUT2D eigenvalue weighted by atomic mass is 35.5. The number of hydrogen-bond acceptors (Lipinski definition) is 3. The van der Waals surface area contributed by atoms with Crippen molar-refractivity contribution in [3.63, 3.8) is 0 Å². The van der Waals surface area contributed by atoms with Crippen LogP contribution < -0.4 is 4.74 Å². The number of Topliss-reactive ketones (excluding diaryl/α,β-unsaturated/α-hetero) is 2. The van der Waals surface area contributed by atoms with Crippen LogP contribution in [-0.2, 0) is 4.79 Å². The molecule has 0 unspecified atom stereocenters. The van der Waals surface area contributed by atoms with E-state index in [0.29, 0.717) is 16.3 Å². The van der Waals surface area contributed by atoms with Crippen LogP contribution in [0.4, 0.5) is 0 Å². The molecule has 0 saturated carbocycles. The van der Waals surface area contributed by atoms with Gasteiger partial charge in [0, 0.05) is 5.56 Å². The van der Waals surface area contributed by atoms with Crippen molar-refractivity contribution < 1.29 is 14.3 Å². The Balaban J connectivity index is 2.92. The van der Waals surface area contributed by atoms with Gasteiger partial charge in [-0.25, -0.2) is 0 Å². The Morgan fingerprint density at radius 2 is 2.07 bits per heavy atom. The molecule has 0 aliphatic rings. The fourth-order valence-electron chi connectivity index (χ4n) is 1.17. The van der Waals surface area contributed by atoms with Crippen molar-refractivity contribution in [2.75, 3.05) is 7.11 Å². The molecule has 1 aromatic carbocycles. The molecule has 0 amide bonds. The molecule has 0 spiro atoms. The molecule has 1 aromatic rings. The van der Waals surface area contributed by atoms with E-state index < -0.39 is 0 Å². The van der Waals surface area contributed by atoms with Gasteiger partial charge in [-0.3, -0.25) is 9.59 Å². The standard InChI is InChI=1S/C11H11ClO3/c1-7(13)5-10(14)8-3-4-11(15-2)9(12)6-8/h3-4,6H,5H2,1-2H3. The number of methoxy groups -OCH3 is 1. The summed E-state index contributed by atoms with van der Waals surface area (Å²) in [6.45, 7) is 1.38. The van der Waals surface area contributed by atoms with Crippen molar-refractivity contribution in [3.8, 4) is 5.75 Å². The number of rotatable bonds is 4. The minimum absolute atomic E-state index is 0.0946. The van der Waals surface area contributed by atoms with E-state index in [1.807, 2.05) is 0 Å². The van der Waals surface area contributed by atoms with Crippen LogP contribution >= 0.6 is 11.6 Å². The first-order valence-corrected chi connectivity index (χ1v) is 4.78. The topological polar surface area (TPSA) is 43.4 Å². The summed E-state index contributed by atoms with van der Waals surface area (Å²) in [6.07, 6.45) is -0.0946. The van der Waals surface area contributed by atoms with Gasteiger partial charge in [0.1, 0.15) is 11.5 Å². The molecule has 4 heteroatoms. The number of carbonyl (C=O) groups is 2. The monoisotopic (exact) mass is 226 g/mol. The SMILES string of the molecule is COc1ccc(C(=O)CC(C)=O)cc1Cl. The summed E-state index contributed by atoms with van der Waals surface area (Å²) >= 11 is 5.85. The molecule has 0 aliphatic carbocycles. The molecule has 0 aliphatic heterocycles. The van der Waals surface area contributed by atoms with Crippen molar-refractivity contribution in [2.24, 2.45) is 0 Å². The van der Waals surface area contributed by atoms with E-state index in [1.54, 1.807) is 12.1 Å². The third-order valence-electron chi connectivity index (χ3n) is 1.88. The lowest BCUT2D eigenvalue weighted by molar-refractivity contribution is -0.116. The van der Waals surface area contributed by atoms with Crippen molar-refractivity contribution in [3.05, 3.63) is 28.8 Å². The second-order valence-electron chi connectivity index (χ2n) is 3.15. The summed E-state index contributed by atoms with van der Waals surface area (Å²) in [5.74, 6) is 0.120. The Morgan fingerprint density at radius 3 is 2.53 bits per heavy atom. The lowest BCUT2D eigenvalue weighted by Gasteiger charge is -2.04. The molecule has 80 valence electrons. The first kappa shape index (κ1) is 11.7. The molecular weight excluding hydrogens is 216 g/mol. The smallest absolute Gasteiger partial charge is 0.170 e. The van der Waals surface area contributed by atoms with Crippen LogP contribution in [0.5, 0.6) is 5.75 Å². The van der Waals surface area contributed by atoms with Crippen molar-refractivity contribution in [2.45, 2.75) is 13.3 Å². The van der Waals surface area contributed by atoms with Crippen LogP contribution in [0.2, 0.25) is 5.02 Å². The average molecular weight is 227 g/mol. The first-order valence-electron chi connectivity index (χ1n) is 4.40. The van der Waals surface area contributed by atoms with E-state index in [0.717, 1.165) is 0 Å². The second-order valence-corrected chi connectivity index (χ2v) is 3.56. The van der Waals surface area contributed by atoms with Gasteiger partial charge in [0.25, 0.3) is 0 Å². The lowest BCUT2D eigenvalue weighted by Crippen LogP contribution is -2.04. The van der Waals surface area contributed by atoms with Gasteiger partial charge in [0.05, 0.1) is 18.6 Å². The molecule has 0 N–H and O–H groups in total. The van der Waals surface area contributed by atoms with Gasteiger partial charge in [-0.1, -0.05) is 11.6 Å². The Bertz CT molecular complexity index is 399. The number of hydrogen-bond donors (Lipinski definition) is 0. The molecule has 15 heavy (non-hydrogen) atoms. The Kier molecular flexibility index (Phi) is 3.86. The zero-order valence-corrected chi connectivity index (χ0v) is 9.30. The molecule has 1 rings (SSSR count). The van der Waals surface area contributed by atoms with Crippen LogP contribution in [-0.4, -0.2) is 18.7 Å². The molecule has 0 atom stereocenters. The van der Waals surface area contributed by atoms with Crippen LogP contribution in [0.25, 0.3) is 0 Å². The van der Waals surface area contributed by atoms with Gasteiger partial charge in [0.15, 0.2) is 5.78 Å². The summed E-state index contributed by atoms with van der Waals surface area (Å²) in [4.78, 5) is 22.2. The largest absolute Gasteiger partial charge is 0.495 e. The zero-order chi connectivity index (χ0) is 11.4. The van der Waals surface area contributed by atoms with Crippen LogP contribution in [0.3, 0.4) is 0 Å². The number of carbonyl (C=O) groups excluding carboxylic acids is 2. The predicted molar refractivity (Wildman–Crippen MR) is 57.6 cm³/mol. The molecule has 3 nitrogen and oxygen atoms in total. The van der Waals surface area contributed by atoms with E-state index in [2.05, 4.69) is 0 Å². The van der Waals surface area contributed by atoms with Crippen molar-refractivity contribution >= 4 is 23.2 Å². The van der Waals surface area contributed by atoms with Crippen LogP contribution in [0, 0.1) is 0 Å². The summed E-state index contributed by atoms with van der Waals surface area (Å²) < 4.78 is 4.95. The minimum Gasteiger partial charge on any atom is -0.495 e.